The van der Waals surface area contributed by atoms with Crippen LogP contribution in [0.1, 0.15) is 10.4 Å². The molecule has 0 radical (unpaired) electrons. The molecular formula is C12H10N2O2. The molecule has 0 unspecified atom stereocenters. The zero-order valence-corrected chi connectivity index (χ0v) is 8.44. The third kappa shape index (κ3) is 1.72. The Kier molecular flexibility index (Phi) is 2.55. The van der Waals surface area contributed by atoms with E-state index in [1.807, 2.05) is 30.3 Å². The number of amides is 1. The second kappa shape index (κ2) is 4.02. The van der Waals surface area contributed by atoms with E-state index in [9.17, 15) is 9.59 Å². The Morgan fingerprint density at radius 1 is 1.12 bits per heavy atom. The Morgan fingerprint density at radius 2 is 1.81 bits per heavy atom. The van der Waals surface area contributed by atoms with Gasteiger partial charge in [0.05, 0.1) is 0 Å². The predicted octanol–water partition coefficient (Wildman–Crippen LogP) is 1.14. The minimum atomic E-state index is -0.722. The van der Waals surface area contributed by atoms with E-state index < -0.39 is 11.5 Å². The standard InChI is InChI=1S/C12H10N2O2/c13-11(15)10-9(6-7-14-12(10)16)8-4-2-1-3-5-8/h1-7H,(H2,13,15)(H,14,16). The highest BCUT2D eigenvalue weighted by Gasteiger charge is 2.13. The van der Waals surface area contributed by atoms with Gasteiger partial charge in [-0.1, -0.05) is 30.3 Å². The summed E-state index contributed by atoms with van der Waals surface area (Å²) < 4.78 is 0. The van der Waals surface area contributed by atoms with E-state index in [1.165, 1.54) is 6.20 Å². The van der Waals surface area contributed by atoms with Gasteiger partial charge in [-0.25, -0.2) is 0 Å². The third-order valence-electron chi connectivity index (χ3n) is 2.29. The van der Waals surface area contributed by atoms with E-state index in [0.29, 0.717) is 5.56 Å². The molecule has 1 aromatic heterocycles. The summed E-state index contributed by atoms with van der Waals surface area (Å²) in [5.74, 6) is -0.722. The van der Waals surface area contributed by atoms with Gasteiger partial charge in [0.2, 0.25) is 0 Å². The molecule has 1 amide bonds. The highest BCUT2D eigenvalue weighted by molar-refractivity contribution is 5.99. The van der Waals surface area contributed by atoms with Crippen LogP contribution in [0.2, 0.25) is 0 Å². The van der Waals surface area contributed by atoms with Gasteiger partial charge in [-0.3, -0.25) is 9.59 Å². The van der Waals surface area contributed by atoms with Crippen molar-refractivity contribution in [2.24, 2.45) is 5.73 Å². The van der Waals surface area contributed by atoms with Gasteiger partial charge in [0.1, 0.15) is 5.56 Å². The average molecular weight is 214 g/mol. The van der Waals surface area contributed by atoms with Crippen LogP contribution < -0.4 is 11.3 Å². The van der Waals surface area contributed by atoms with Gasteiger partial charge in [0.25, 0.3) is 11.5 Å². The first kappa shape index (κ1) is 10.2. The maximum atomic E-state index is 11.5. The molecular weight excluding hydrogens is 204 g/mol. The summed E-state index contributed by atoms with van der Waals surface area (Å²) in [4.78, 5) is 25.2. The fourth-order valence-electron chi connectivity index (χ4n) is 1.58. The van der Waals surface area contributed by atoms with E-state index in [0.717, 1.165) is 5.56 Å². The molecule has 0 aliphatic heterocycles. The van der Waals surface area contributed by atoms with Crippen LogP contribution in [-0.2, 0) is 0 Å². The van der Waals surface area contributed by atoms with Crippen molar-refractivity contribution in [1.82, 2.24) is 4.98 Å². The van der Waals surface area contributed by atoms with Crippen LogP contribution in [0.5, 0.6) is 0 Å². The fraction of sp³-hybridized carbons (Fsp3) is 0. The lowest BCUT2D eigenvalue weighted by Gasteiger charge is -2.04. The van der Waals surface area contributed by atoms with Crippen molar-refractivity contribution in [3.8, 4) is 11.1 Å². The number of H-pyrrole nitrogens is 1. The molecule has 3 N–H and O–H groups in total. The Morgan fingerprint density at radius 3 is 2.44 bits per heavy atom. The lowest BCUT2D eigenvalue weighted by molar-refractivity contribution is 0.0999. The highest BCUT2D eigenvalue weighted by Crippen LogP contribution is 2.19. The summed E-state index contributed by atoms with van der Waals surface area (Å²) in [5, 5.41) is 0. The first-order valence-corrected chi connectivity index (χ1v) is 4.77. The second-order valence-electron chi connectivity index (χ2n) is 3.33. The molecule has 1 aromatic carbocycles. The number of nitrogens with one attached hydrogen (secondary N) is 1. The van der Waals surface area contributed by atoms with Crippen LogP contribution in [0.25, 0.3) is 11.1 Å². The SMILES string of the molecule is NC(=O)c1c(-c2ccccc2)cc[nH]c1=O. The quantitative estimate of drug-likeness (QED) is 0.786. The van der Waals surface area contributed by atoms with Crippen LogP contribution in [0.15, 0.2) is 47.4 Å². The van der Waals surface area contributed by atoms with Crippen LogP contribution >= 0.6 is 0 Å². The molecule has 2 rings (SSSR count). The van der Waals surface area contributed by atoms with Gasteiger partial charge in [-0.15, -0.1) is 0 Å². The molecule has 0 bridgehead atoms. The smallest absolute Gasteiger partial charge is 0.261 e. The average Bonchev–Trinajstić information content (AvgIpc) is 2.29. The maximum absolute atomic E-state index is 11.5. The third-order valence-corrected chi connectivity index (χ3v) is 2.29. The van der Waals surface area contributed by atoms with Gasteiger partial charge < -0.3 is 10.7 Å². The molecule has 0 aliphatic rings. The molecule has 1 heterocycles. The number of carbonyl (C=O) groups is 1. The number of benzene rings is 1. The predicted molar refractivity (Wildman–Crippen MR) is 61.0 cm³/mol. The summed E-state index contributed by atoms with van der Waals surface area (Å²) in [6, 6.07) is 10.8. The van der Waals surface area contributed by atoms with Crippen LogP contribution in [-0.4, -0.2) is 10.9 Å². The molecule has 2 aromatic rings. The number of nitrogens with two attached hydrogens (primary N) is 1. The van der Waals surface area contributed by atoms with E-state index >= 15 is 0 Å². The lowest BCUT2D eigenvalue weighted by Crippen LogP contribution is -2.24. The summed E-state index contributed by atoms with van der Waals surface area (Å²) >= 11 is 0. The van der Waals surface area contributed by atoms with E-state index in [4.69, 9.17) is 5.73 Å². The van der Waals surface area contributed by atoms with Gasteiger partial charge in [0, 0.05) is 11.8 Å². The van der Waals surface area contributed by atoms with Crippen molar-refractivity contribution in [3.63, 3.8) is 0 Å². The first-order valence-electron chi connectivity index (χ1n) is 4.77. The summed E-state index contributed by atoms with van der Waals surface area (Å²) in [7, 11) is 0. The normalized spacial score (nSPS) is 10.0. The number of pyridine rings is 1. The molecule has 16 heavy (non-hydrogen) atoms. The topological polar surface area (TPSA) is 76.0 Å². The number of hydrogen-bond donors (Lipinski definition) is 2. The van der Waals surface area contributed by atoms with Crippen LogP contribution in [0.3, 0.4) is 0 Å². The number of aromatic nitrogens is 1. The van der Waals surface area contributed by atoms with E-state index in [-0.39, 0.29) is 5.56 Å². The molecule has 4 heteroatoms. The van der Waals surface area contributed by atoms with E-state index in [1.54, 1.807) is 6.07 Å². The highest BCUT2D eigenvalue weighted by atomic mass is 16.2. The monoisotopic (exact) mass is 214 g/mol. The van der Waals surface area contributed by atoms with Crippen molar-refractivity contribution < 1.29 is 4.79 Å². The van der Waals surface area contributed by atoms with Gasteiger partial charge in [-0.05, 0) is 11.6 Å². The Balaban J connectivity index is 2.71. The van der Waals surface area contributed by atoms with Crippen molar-refractivity contribution in [1.29, 1.82) is 0 Å². The molecule has 4 nitrogen and oxygen atoms in total. The van der Waals surface area contributed by atoms with Crippen molar-refractivity contribution in [3.05, 3.63) is 58.5 Å². The molecule has 0 fully saturated rings. The minimum Gasteiger partial charge on any atom is -0.365 e. The summed E-state index contributed by atoms with van der Waals surface area (Å²) in [5.41, 5.74) is 6.07. The summed E-state index contributed by atoms with van der Waals surface area (Å²) in [6.07, 6.45) is 1.50. The summed E-state index contributed by atoms with van der Waals surface area (Å²) in [6.45, 7) is 0. The van der Waals surface area contributed by atoms with Gasteiger partial charge in [-0.2, -0.15) is 0 Å². The van der Waals surface area contributed by atoms with E-state index in [2.05, 4.69) is 4.98 Å². The number of rotatable bonds is 2. The number of carbonyl (C=O) groups excluding carboxylic acids is 1. The second-order valence-corrected chi connectivity index (χ2v) is 3.33. The molecule has 0 saturated carbocycles. The number of aromatic amines is 1. The lowest BCUT2D eigenvalue weighted by atomic mass is 10.0. The minimum absolute atomic E-state index is 0.00583. The van der Waals surface area contributed by atoms with Crippen molar-refractivity contribution in [2.45, 2.75) is 0 Å². The Labute approximate surface area is 91.7 Å². The fourth-order valence-corrected chi connectivity index (χ4v) is 1.58. The Bertz CT molecular complexity index is 573. The molecule has 0 atom stereocenters. The Hall–Kier alpha value is -2.36. The maximum Gasteiger partial charge on any atom is 0.261 e. The first-order chi connectivity index (χ1) is 7.70. The zero-order chi connectivity index (χ0) is 11.5. The number of primary amides is 1. The molecule has 80 valence electrons. The zero-order valence-electron chi connectivity index (χ0n) is 8.44. The largest absolute Gasteiger partial charge is 0.365 e. The molecule has 0 saturated heterocycles. The van der Waals surface area contributed by atoms with Crippen LogP contribution in [0, 0.1) is 0 Å². The molecule has 0 aliphatic carbocycles. The van der Waals surface area contributed by atoms with Crippen molar-refractivity contribution >= 4 is 5.91 Å². The van der Waals surface area contributed by atoms with Crippen LogP contribution in [0.4, 0.5) is 0 Å². The van der Waals surface area contributed by atoms with Gasteiger partial charge >= 0.3 is 0 Å². The number of hydrogen-bond acceptors (Lipinski definition) is 2. The molecule has 0 spiro atoms. The van der Waals surface area contributed by atoms with Gasteiger partial charge in [0.15, 0.2) is 0 Å². The van der Waals surface area contributed by atoms with Crippen molar-refractivity contribution in [2.75, 3.05) is 0 Å².